The highest BCUT2D eigenvalue weighted by Gasteiger charge is 2.46. The average Bonchev–Trinajstić information content (AvgIpc) is 3.23. The molecule has 1 aliphatic rings. The lowest BCUT2D eigenvalue weighted by molar-refractivity contribution is -0.142. The third kappa shape index (κ3) is 3.75. The van der Waals surface area contributed by atoms with Crippen LogP contribution in [-0.2, 0) is 14.3 Å². The van der Waals surface area contributed by atoms with Gasteiger partial charge in [-0.1, -0.05) is 17.7 Å². The maximum absolute atomic E-state index is 13.8. The van der Waals surface area contributed by atoms with E-state index in [2.05, 4.69) is 5.32 Å². The molecule has 0 bridgehead atoms. The quantitative estimate of drug-likeness (QED) is 0.804. The van der Waals surface area contributed by atoms with E-state index in [9.17, 15) is 14.0 Å². The monoisotopic (exact) mass is 329 g/mol. The summed E-state index contributed by atoms with van der Waals surface area (Å²) in [4.78, 5) is 23.2. The first-order valence-corrected chi connectivity index (χ1v) is 7.29. The van der Waals surface area contributed by atoms with Gasteiger partial charge in [0, 0.05) is 42.6 Å². The molecule has 0 spiro atoms. The van der Waals surface area contributed by atoms with Crippen molar-refractivity contribution in [3.63, 3.8) is 0 Å². The molecule has 0 saturated heterocycles. The lowest BCUT2D eigenvalue weighted by Crippen LogP contribution is -2.42. The number of hydrogen-bond acceptors (Lipinski definition) is 3. The summed E-state index contributed by atoms with van der Waals surface area (Å²) >= 11 is 5.98. The van der Waals surface area contributed by atoms with Crippen LogP contribution in [0.3, 0.4) is 0 Å². The Morgan fingerprint density at radius 2 is 2.27 bits per heavy atom. The van der Waals surface area contributed by atoms with Crippen LogP contribution in [0.15, 0.2) is 18.2 Å². The summed E-state index contributed by atoms with van der Waals surface area (Å²) < 4.78 is 18.6. The van der Waals surface area contributed by atoms with Gasteiger partial charge >= 0.3 is 5.97 Å². The first-order valence-electron chi connectivity index (χ1n) is 6.91. The second kappa shape index (κ2) is 7.07. The van der Waals surface area contributed by atoms with Crippen molar-refractivity contribution in [3.8, 4) is 0 Å². The molecule has 22 heavy (non-hydrogen) atoms. The number of aliphatic carboxylic acids is 1. The smallest absolute Gasteiger partial charge is 0.326 e. The van der Waals surface area contributed by atoms with Crippen molar-refractivity contribution in [1.82, 2.24) is 5.32 Å². The molecular formula is C15H17ClFNO4. The molecule has 1 amide bonds. The molecule has 2 N–H and O–H groups in total. The highest BCUT2D eigenvalue weighted by molar-refractivity contribution is 6.31. The number of halogens is 2. The second-order valence-electron chi connectivity index (χ2n) is 5.26. The van der Waals surface area contributed by atoms with Crippen molar-refractivity contribution in [2.45, 2.75) is 24.8 Å². The SMILES string of the molecule is COCCC(NC(=O)C1CC1c1c(F)cccc1Cl)C(=O)O. The number of nitrogens with one attached hydrogen (secondary N) is 1. The number of carboxylic acids is 1. The molecule has 0 radical (unpaired) electrons. The molecule has 0 heterocycles. The van der Waals surface area contributed by atoms with Gasteiger partial charge in [-0.05, 0) is 18.6 Å². The summed E-state index contributed by atoms with van der Waals surface area (Å²) in [5.41, 5.74) is 0.327. The number of carbonyl (C=O) groups is 2. The minimum Gasteiger partial charge on any atom is -0.480 e. The minimum atomic E-state index is -1.12. The van der Waals surface area contributed by atoms with Gasteiger partial charge in [0.05, 0.1) is 0 Å². The van der Waals surface area contributed by atoms with Gasteiger partial charge in [0.15, 0.2) is 0 Å². The minimum absolute atomic E-state index is 0.176. The number of rotatable bonds is 7. The Morgan fingerprint density at radius 3 is 2.86 bits per heavy atom. The van der Waals surface area contributed by atoms with E-state index < -0.39 is 29.7 Å². The van der Waals surface area contributed by atoms with Crippen molar-refractivity contribution >= 4 is 23.5 Å². The topological polar surface area (TPSA) is 75.6 Å². The lowest BCUT2D eigenvalue weighted by Gasteiger charge is -2.14. The Bertz CT molecular complexity index is 560. The zero-order valence-electron chi connectivity index (χ0n) is 12.0. The molecule has 5 nitrogen and oxygen atoms in total. The number of amides is 1. The number of carboxylic acid groups (broad SMARTS) is 1. The lowest BCUT2D eigenvalue weighted by atomic mass is 10.1. The molecule has 1 fully saturated rings. The van der Waals surface area contributed by atoms with E-state index in [0.29, 0.717) is 12.0 Å². The van der Waals surface area contributed by atoms with Crippen LogP contribution in [0.2, 0.25) is 5.02 Å². The highest BCUT2D eigenvalue weighted by Crippen LogP contribution is 2.50. The summed E-state index contributed by atoms with van der Waals surface area (Å²) in [6.07, 6.45) is 0.637. The zero-order chi connectivity index (χ0) is 16.3. The van der Waals surface area contributed by atoms with E-state index >= 15 is 0 Å². The molecule has 1 aromatic rings. The molecule has 3 unspecified atom stereocenters. The summed E-state index contributed by atoms with van der Waals surface area (Å²) in [6.45, 7) is 0.227. The standard InChI is InChI=1S/C15H17ClFNO4/c1-22-6-5-12(15(20)21)18-14(19)9-7-8(9)13-10(16)3-2-4-11(13)17/h2-4,8-9,12H,5-7H2,1H3,(H,18,19)(H,20,21). The van der Waals surface area contributed by atoms with Gasteiger partial charge in [0.1, 0.15) is 11.9 Å². The van der Waals surface area contributed by atoms with Gasteiger partial charge in [0.2, 0.25) is 5.91 Å². The third-order valence-electron chi connectivity index (χ3n) is 3.72. The van der Waals surface area contributed by atoms with E-state index in [1.54, 1.807) is 6.07 Å². The first-order chi connectivity index (χ1) is 10.5. The maximum Gasteiger partial charge on any atom is 0.326 e. The van der Waals surface area contributed by atoms with Crippen LogP contribution >= 0.6 is 11.6 Å². The van der Waals surface area contributed by atoms with Crippen molar-refractivity contribution in [2.24, 2.45) is 5.92 Å². The van der Waals surface area contributed by atoms with Crippen molar-refractivity contribution in [2.75, 3.05) is 13.7 Å². The fourth-order valence-corrected chi connectivity index (χ4v) is 2.74. The zero-order valence-corrected chi connectivity index (χ0v) is 12.8. The van der Waals surface area contributed by atoms with E-state index in [4.69, 9.17) is 21.4 Å². The van der Waals surface area contributed by atoms with E-state index in [1.807, 2.05) is 0 Å². The van der Waals surface area contributed by atoms with Crippen molar-refractivity contribution in [1.29, 1.82) is 0 Å². The van der Waals surface area contributed by atoms with Gasteiger partial charge in [-0.15, -0.1) is 0 Å². The van der Waals surface area contributed by atoms with Crippen LogP contribution < -0.4 is 5.32 Å². The first kappa shape index (κ1) is 16.7. The Kier molecular flexibility index (Phi) is 5.37. The molecule has 3 atom stereocenters. The van der Waals surface area contributed by atoms with Gasteiger partial charge < -0.3 is 15.2 Å². The molecule has 2 rings (SSSR count). The third-order valence-corrected chi connectivity index (χ3v) is 4.05. The van der Waals surface area contributed by atoms with Crippen LogP contribution in [0.4, 0.5) is 4.39 Å². The Balaban J connectivity index is 1.99. The van der Waals surface area contributed by atoms with E-state index in [1.165, 1.54) is 19.2 Å². The van der Waals surface area contributed by atoms with Gasteiger partial charge in [-0.3, -0.25) is 4.79 Å². The van der Waals surface area contributed by atoms with E-state index in [0.717, 1.165) is 0 Å². The number of ether oxygens (including phenoxy) is 1. The predicted octanol–water partition coefficient (Wildman–Crippen LogP) is 2.19. The molecule has 1 aliphatic carbocycles. The number of hydrogen-bond donors (Lipinski definition) is 2. The summed E-state index contributed by atoms with van der Waals surface area (Å²) in [6, 6.07) is 3.37. The predicted molar refractivity (Wildman–Crippen MR) is 78.3 cm³/mol. The van der Waals surface area contributed by atoms with Crippen LogP contribution in [0.1, 0.15) is 24.3 Å². The average molecular weight is 330 g/mol. The summed E-state index contributed by atoms with van der Waals surface area (Å²) in [7, 11) is 1.46. The summed E-state index contributed by atoms with van der Waals surface area (Å²) in [5, 5.41) is 11.8. The number of benzene rings is 1. The summed E-state index contributed by atoms with van der Waals surface area (Å²) in [5.74, 6) is -2.70. The molecule has 120 valence electrons. The Morgan fingerprint density at radius 1 is 1.55 bits per heavy atom. The maximum atomic E-state index is 13.8. The van der Waals surface area contributed by atoms with Crippen molar-refractivity contribution < 1.29 is 23.8 Å². The van der Waals surface area contributed by atoms with E-state index in [-0.39, 0.29) is 24.0 Å². The fraction of sp³-hybridized carbons (Fsp3) is 0.467. The Hall–Kier alpha value is -1.66. The largest absolute Gasteiger partial charge is 0.480 e. The second-order valence-corrected chi connectivity index (χ2v) is 5.67. The molecule has 7 heteroatoms. The highest BCUT2D eigenvalue weighted by atomic mass is 35.5. The molecular weight excluding hydrogens is 313 g/mol. The molecule has 0 aromatic heterocycles. The van der Waals surface area contributed by atoms with Gasteiger partial charge in [0.25, 0.3) is 0 Å². The van der Waals surface area contributed by atoms with Crippen LogP contribution in [0.5, 0.6) is 0 Å². The van der Waals surface area contributed by atoms with Crippen molar-refractivity contribution in [3.05, 3.63) is 34.6 Å². The normalized spacial score (nSPS) is 21.2. The van der Waals surface area contributed by atoms with Crippen LogP contribution in [0, 0.1) is 11.7 Å². The van der Waals surface area contributed by atoms with Gasteiger partial charge in [-0.25, -0.2) is 9.18 Å². The van der Waals surface area contributed by atoms with Crippen LogP contribution in [0.25, 0.3) is 0 Å². The number of methoxy groups -OCH3 is 1. The Labute approximate surface area is 132 Å². The molecule has 1 saturated carbocycles. The molecule has 1 aromatic carbocycles. The fourth-order valence-electron chi connectivity index (χ4n) is 2.44. The number of carbonyl (C=O) groups excluding carboxylic acids is 1. The molecule has 0 aliphatic heterocycles. The van der Waals surface area contributed by atoms with Crippen LogP contribution in [-0.4, -0.2) is 36.7 Å². The van der Waals surface area contributed by atoms with Gasteiger partial charge in [-0.2, -0.15) is 0 Å².